The highest BCUT2D eigenvalue weighted by Gasteiger charge is 2.28. The van der Waals surface area contributed by atoms with E-state index in [0.717, 1.165) is 31.8 Å². The molecule has 0 bridgehead atoms. The Balaban J connectivity index is 1.31. The first-order valence-corrected chi connectivity index (χ1v) is 14.3. The van der Waals surface area contributed by atoms with Crippen molar-refractivity contribution in [1.29, 1.82) is 0 Å². The van der Waals surface area contributed by atoms with Crippen LogP contribution in [0, 0.1) is 0 Å². The van der Waals surface area contributed by atoms with Gasteiger partial charge in [0.25, 0.3) is 5.91 Å². The minimum Gasteiger partial charge on any atom is -0.354 e. The van der Waals surface area contributed by atoms with Gasteiger partial charge in [-0.25, -0.2) is 0 Å². The van der Waals surface area contributed by atoms with Crippen molar-refractivity contribution in [1.82, 2.24) is 10.6 Å². The van der Waals surface area contributed by atoms with Crippen LogP contribution >= 0.6 is 11.8 Å². The SMILES string of the molecule is NCCCNC(=O)C(Cc1ccc2ccccc2c1)NC(=O)CCN1C(=O)c2ccccc2Sc2ccccc21. The third-order valence-corrected chi connectivity index (χ3v) is 8.03. The van der Waals surface area contributed by atoms with Crippen LogP contribution in [0.1, 0.15) is 28.8 Å². The van der Waals surface area contributed by atoms with Gasteiger partial charge in [0.15, 0.2) is 0 Å². The standard InChI is InChI=1S/C32H32N4O3S/c33-17-7-18-34-31(38)26(21-22-14-15-23-8-1-2-9-24(23)20-22)35-30(37)16-19-36-27-11-4-6-13-29(27)40-28-12-5-3-10-25(28)32(36)39/h1-6,8-15,20,26H,7,16-19,21,33H2,(H,34,38)(H,35,37). The van der Waals surface area contributed by atoms with Gasteiger partial charge >= 0.3 is 0 Å². The number of carbonyl (C=O) groups is 3. The summed E-state index contributed by atoms with van der Waals surface area (Å²) in [6.07, 6.45) is 1.05. The minimum atomic E-state index is -0.755. The van der Waals surface area contributed by atoms with Gasteiger partial charge in [-0.3, -0.25) is 14.4 Å². The van der Waals surface area contributed by atoms with Gasteiger partial charge in [-0.15, -0.1) is 0 Å². The van der Waals surface area contributed by atoms with E-state index in [1.807, 2.05) is 91.0 Å². The number of hydrogen-bond donors (Lipinski definition) is 3. The third-order valence-electron chi connectivity index (χ3n) is 6.89. The van der Waals surface area contributed by atoms with Gasteiger partial charge in [-0.2, -0.15) is 0 Å². The molecule has 0 saturated carbocycles. The van der Waals surface area contributed by atoms with Crippen LogP contribution < -0.4 is 21.3 Å². The number of rotatable bonds is 10. The van der Waals surface area contributed by atoms with E-state index in [4.69, 9.17) is 5.73 Å². The Hall–Kier alpha value is -4.14. The maximum Gasteiger partial charge on any atom is 0.259 e. The molecule has 1 heterocycles. The van der Waals surface area contributed by atoms with Crippen LogP contribution in [0.25, 0.3) is 10.8 Å². The molecule has 0 aromatic heterocycles. The Bertz CT molecular complexity index is 1540. The first-order valence-electron chi connectivity index (χ1n) is 13.5. The molecule has 4 aromatic carbocycles. The number of nitrogens with one attached hydrogen (secondary N) is 2. The van der Waals surface area contributed by atoms with Gasteiger partial charge in [0.2, 0.25) is 11.8 Å². The molecule has 4 N–H and O–H groups in total. The summed E-state index contributed by atoms with van der Waals surface area (Å²) in [5.74, 6) is -0.695. The minimum absolute atomic E-state index is 0.0528. The lowest BCUT2D eigenvalue weighted by Gasteiger charge is -2.24. The molecule has 1 unspecified atom stereocenters. The number of amides is 3. The molecule has 40 heavy (non-hydrogen) atoms. The van der Waals surface area contributed by atoms with Gasteiger partial charge in [-0.1, -0.05) is 78.5 Å². The van der Waals surface area contributed by atoms with Crippen LogP contribution in [0.5, 0.6) is 0 Å². The van der Waals surface area contributed by atoms with Gasteiger partial charge in [0.05, 0.1) is 11.3 Å². The van der Waals surface area contributed by atoms with E-state index in [9.17, 15) is 14.4 Å². The molecule has 1 aliphatic rings. The lowest BCUT2D eigenvalue weighted by Crippen LogP contribution is -2.49. The number of benzene rings is 4. The van der Waals surface area contributed by atoms with E-state index in [2.05, 4.69) is 10.6 Å². The van der Waals surface area contributed by atoms with E-state index in [-0.39, 0.29) is 30.7 Å². The summed E-state index contributed by atoms with van der Waals surface area (Å²) in [6.45, 7) is 1.10. The second-order valence-electron chi connectivity index (χ2n) is 9.71. The number of fused-ring (bicyclic) bond motifs is 3. The van der Waals surface area contributed by atoms with Gasteiger partial charge < -0.3 is 21.3 Å². The Kier molecular flexibility index (Phi) is 8.78. The zero-order valence-corrected chi connectivity index (χ0v) is 23.0. The van der Waals surface area contributed by atoms with Crippen molar-refractivity contribution in [2.45, 2.75) is 35.1 Å². The zero-order valence-electron chi connectivity index (χ0n) is 22.1. The van der Waals surface area contributed by atoms with E-state index < -0.39 is 6.04 Å². The lowest BCUT2D eigenvalue weighted by atomic mass is 10.0. The maximum absolute atomic E-state index is 13.5. The number of nitrogens with zero attached hydrogens (tertiary/aromatic N) is 1. The quantitative estimate of drug-likeness (QED) is 0.251. The van der Waals surface area contributed by atoms with E-state index in [1.54, 1.807) is 16.7 Å². The van der Waals surface area contributed by atoms with Crippen LogP contribution in [-0.4, -0.2) is 43.4 Å². The molecular weight excluding hydrogens is 520 g/mol. The number of hydrogen-bond acceptors (Lipinski definition) is 5. The lowest BCUT2D eigenvalue weighted by molar-refractivity contribution is -0.128. The monoisotopic (exact) mass is 552 g/mol. The van der Waals surface area contributed by atoms with Gasteiger partial charge in [0.1, 0.15) is 6.04 Å². The highest BCUT2D eigenvalue weighted by molar-refractivity contribution is 7.99. The summed E-state index contributed by atoms with van der Waals surface area (Å²) in [5, 5.41) is 8.00. The van der Waals surface area contributed by atoms with E-state index in [1.165, 1.54) is 0 Å². The van der Waals surface area contributed by atoms with Crippen molar-refractivity contribution < 1.29 is 14.4 Å². The molecule has 0 aliphatic carbocycles. The number of anilines is 1. The van der Waals surface area contributed by atoms with E-state index in [0.29, 0.717) is 31.5 Å². The molecule has 0 radical (unpaired) electrons. The summed E-state index contributed by atoms with van der Waals surface area (Å²) in [4.78, 5) is 43.4. The molecule has 5 rings (SSSR count). The summed E-state index contributed by atoms with van der Waals surface area (Å²) in [5.41, 5.74) is 7.92. The predicted octanol–water partition coefficient (Wildman–Crippen LogP) is 4.53. The average molecular weight is 553 g/mol. The smallest absolute Gasteiger partial charge is 0.259 e. The number of para-hydroxylation sites is 1. The summed E-state index contributed by atoms with van der Waals surface area (Å²) < 4.78 is 0. The topological polar surface area (TPSA) is 105 Å². The molecule has 1 atom stereocenters. The highest BCUT2D eigenvalue weighted by Crippen LogP contribution is 2.41. The first kappa shape index (κ1) is 27.4. The fraction of sp³-hybridized carbons (Fsp3) is 0.219. The number of nitrogens with two attached hydrogens (primary N) is 1. The van der Waals surface area contributed by atoms with Crippen LogP contribution in [0.15, 0.2) is 101 Å². The molecule has 0 spiro atoms. The van der Waals surface area contributed by atoms with Crippen molar-refractivity contribution in [2.24, 2.45) is 5.73 Å². The fourth-order valence-electron chi connectivity index (χ4n) is 4.82. The summed E-state index contributed by atoms with van der Waals surface area (Å²) >= 11 is 1.55. The zero-order chi connectivity index (χ0) is 27.9. The Labute approximate surface area is 238 Å². The Morgan fingerprint density at radius 2 is 1.60 bits per heavy atom. The van der Waals surface area contributed by atoms with Crippen LogP contribution in [-0.2, 0) is 16.0 Å². The van der Waals surface area contributed by atoms with Crippen molar-refractivity contribution in [3.63, 3.8) is 0 Å². The molecule has 0 fully saturated rings. The molecule has 0 saturated heterocycles. The summed E-state index contributed by atoms with van der Waals surface area (Å²) in [7, 11) is 0. The molecule has 4 aromatic rings. The highest BCUT2D eigenvalue weighted by atomic mass is 32.2. The van der Waals surface area contributed by atoms with Crippen molar-refractivity contribution in [3.8, 4) is 0 Å². The molecule has 204 valence electrons. The summed E-state index contributed by atoms with van der Waals surface area (Å²) in [6, 6.07) is 28.5. The molecule has 3 amide bonds. The maximum atomic E-state index is 13.5. The van der Waals surface area contributed by atoms with Gasteiger partial charge in [-0.05, 0) is 53.6 Å². The van der Waals surface area contributed by atoms with Crippen molar-refractivity contribution >= 4 is 45.9 Å². The van der Waals surface area contributed by atoms with Crippen LogP contribution in [0.2, 0.25) is 0 Å². The molecular formula is C32H32N4O3S. The average Bonchev–Trinajstić information content (AvgIpc) is 3.09. The van der Waals surface area contributed by atoms with Gasteiger partial charge in [0, 0.05) is 35.7 Å². The fourth-order valence-corrected chi connectivity index (χ4v) is 5.90. The normalized spacial score (nSPS) is 13.2. The molecule has 1 aliphatic heterocycles. The predicted molar refractivity (Wildman–Crippen MR) is 160 cm³/mol. The second kappa shape index (κ2) is 12.8. The molecule has 8 heteroatoms. The second-order valence-corrected chi connectivity index (χ2v) is 10.8. The first-order chi connectivity index (χ1) is 19.5. The van der Waals surface area contributed by atoms with Crippen molar-refractivity contribution in [2.75, 3.05) is 24.5 Å². The van der Waals surface area contributed by atoms with Crippen molar-refractivity contribution in [3.05, 3.63) is 102 Å². The molecule has 7 nitrogen and oxygen atoms in total. The largest absolute Gasteiger partial charge is 0.354 e. The third kappa shape index (κ3) is 6.35. The number of carbonyl (C=O) groups excluding carboxylic acids is 3. The van der Waals surface area contributed by atoms with Crippen LogP contribution in [0.4, 0.5) is 5.69 Å². The Morgan fingerprint density at radius 1 is 0.875 bits per heavy atom. The van der Waals surface area contributed by atoms with Crippen LogP contribution in [0.3, 0.4) is 0 Å². The van der Waals surface area contributed by atoms with E-state index >= 15 is 0 Å². The Morgan fingerprint density at radius 3 is 2.42 bits per heavy atom.